The van der Waals surface area contributed by atoms with Gasteiger partial charge in [-0.25, -0.2) is 0 Å². The number of hydrogen-bond acceptors (Lipinski definition) is 0. The molecular weight excluding hydrogens is 338 g/mol. The van der Waals surface area contributed by atoms with Crippen molar-refractivity contribution in [2.24, 2.45) is 0 Å². The first kappa shape index (κ1) is 22.9. The zero-order valence-electron chi connectivity index (χ0n) is 2.54. The second-order valence-corrected chi connectivity index (χ2v) is 1.68. The molecule has 0 saturated carbocycles. The van der Waals surface area contributed by atoms with E-state index < -0.39 is 0 Å². The quantitative estimate of drug-likeness (QED) is 0.388. The first-order valence-corrected chi connectivity index (χ1v) is 2.96. The van der Waals surface area contributed by atoms with Crippen molar-refractivity contribution >= 4 is 69.3 Å². The standard InChI is InChI=1S/Ba.4ClH.Ni/h;4*1H;/q+2;;;;;+2/p-4. The van der Waals surface area contributed by atoms with Crippen LogP contribution in [0.3, 0.4) is 0 Å². The Balaban J connectivity index is -0.00000000667. The Morgan fingerprint density at radius 1 is 1.00 bits per heavy atom. The first-order valence-electron chi connectivity index (χ1n) is 0.239. The molecule has 0 amide bonds. The van der Waals surface area contributed by atoms with E-state index in [-0.39, 0.29) is 73.7 Å². The van der Waals surface area contributed by atoms with Crippen LogP contribution in [-0.2, 0) is 12.7 Å². The van der Waals surface area contributed by atoms with Crippen LogP contribution < -0.4 is 24.8 Å². The summed E-state index contributed by atoms with van der Waals surface area (Å²) >= 11 is 0.569. The maximum absolute atomic E-state index is 4.70. The molecule has 6 heteroatoms. The summed E-state index contributed by atoms with van der Waals surface area (Å²) in [6, 6.07) is 0. The van der Waals surface area contributed by atoms with Crippen LogP contribution in [0.5, 0.6) is 0 Å². The molecule has 0 aliphatic rings. The Labute approximate surface area is 104 Å². The zero-order valence-corrected chi connectivity index (χ0v) is 11.0. The molecule has 0 saturated heterocycles. The third-order valence-corrected chi connectivity index (χ3v) is 0. The normalized spacial score (nSPS) is 3.67. The molecule has 0 N–H and O–H groups in total. The molecule has 0 spiro atoms. The van der Waals surface area contributed by atoms with E-state index in [1.54, 1.807) is 0 Å². The van der Waals surface area contributed by atoms with Crippen LogP contribution in [0, 0.1) is 0 Å². The van der Waals surface area contributed by atoms with E-state index in [1.807, 2.05) is 0 Å². The van der Waals surface area contributed by atoms with E-state index in [0.29, 0.717) is 12.7 Å². The average molecular weight is 338 g/mol. The fourth-order valence-corrected chi connectivity index (χ4v) is 0. The maximum atomic E-state index is 4.70. The summed E-state index contributed by atoms with van der Waals surface area (Å²) in [6.45, 7) is 0. The summed E-state index contributed by atoms with van der Waals surface area (Å²) < 4.78 is 0. The summed E-state index contributed by atoms with van der Waals surface area (Å²) in [5.74, 6) is 0. The molecule has 0 aromatic heterocycles. The van der Waals surface area contributed by atoms with Gasteiger partial charge >= 0.3 is 81.9 Å². The molecule has 0 bridgehead atoms. The van der Waals surface area contributed by atoms with Crippen LogP contribution in [0.4, 0.5) is 0 Å². The first-order chi connectivity index (χ1) is 1.41. The fraction of sp³-hybridized carbons (Fsp3) is 0. The van der Waals surface area contributed by atoms with Crippen LogP contribution in [0.15, 0.2) is 0 Å². The van der Waals surface area contributed by atoms with Gasteiger partial charge in [0.15, 0.2) is 0 Å². The predicted molar refractivity (Wildman–Crippen MR) is 17.5 cm³/mol. The van der Waals surface area contributed by atoms with Gasteiger partial charge in [-0.3, -0.25) is 0 Å². The van der Waals surface area contributed by atoms with E-state index in [9.17, 15) is 0 Å². The molecule has 40 valence electrons. The van der Waals surface area contributed by atoms with Crippen LogP contribution in [0.1, 0.15) is 0 Å². The van der Waals surface area contributed by atoms with Crippen molar-refractivity contribution < 1.29 is 37.5 Å². The zero-order chi connectivity index (χ0) is 2.71. The topological polar surface area (TPSA) is 0 Å². The predicted octanol–water partition coefficient (Wildman–Crippen LogP) is -5.00. The van der Waals surface area contributed by atoms with Crippen LogP contribution in [0.2, 0.25) is 0 Å². The Morgan fingerprint density at radius 3 is 1.00 bits per heavy atom. The summed E-state index contributed by atoms with van der Waals surface area (Å²) in [5, 5.41) is 0. The van der Waals surface area contributed by atoms with E-state index in [2.05, 4.69) is 0 Å². The second-order valence-electron chi connectivity index (χ2n) is 0.0452. The monoisotopic (exact) mass is 336 g/mol. The number of rotatable bonds is 0. The number of halogens is 4. The van der Waals surface area contributed by atoms with Gasteiger partial charge in [0, 0.05) is 0 Å². The van der Waals surface area contributed by atoms with Crippen molar-refractivity contribution in [3.63, 3.8) is 0 Å². The van der Waals surface area contributed by atoms with Crippen molar-refractivity contribution in [3.8, 4) is 0 Å². The van der Waals surface area contributed by atoms with E-state index >= 15 is 0 Å². The minimum atomic E-state index is 0. The van der Waals surface area contributed by atoms with Crippen molar-refractivity contribution in [2.45, 2.75) is 0 Å². The average Bonchev–Trinajstić information content (AvgIpc) is 0.918. The number of hydrogen-bond donors (Lipinski definition) is 0. The van der Waals surface area contributed by atoms with Crippen molar-refractivity contribution in [2.75, 3.05) is 0 Å². The van der Waals surface area contributed by atoms with Gasteiger partial charge in [0.05, 0.1) is 0 Å². The Bertz CT molecular complexity index is 7.51. The molecule has 0 aliphatic carbocycles. The summed E-state index contributed by atoms with van der Waals surface area (Å²) in [6.07, 6.45) is 0. The molecule has 0 aliphatic heterocycles. The van der Waals surface area contributed by atoms with E-state index in [0.717, 1.165) is 0 Å². The Hall–Kier alpha value is 3.22. The summed E-state index contributed by atoms with van der Waals surface area (Å²) in [4.78, 5) is 0. The molecule has 0 aromatic rings. The molecule has 0 radical (unpaired) electrons. The van der Waals surface area contributed by atoms with Crippen LogP contribution in [0.25, 0.3) is 0 Å². The minimum absolute atomic E-state index is 0. The molecule has 0 unspecified atom stereocenters. The van der Waals surface area contributed by atoms with Crippen molar-refractivity contribution in [1.82, 2.24) is 0 Å². The van der Waals surface area contributed by atoms with E-state index in [1.165, 1.54) is 0 Å². The van der Waals surface area contributed by atoms with Gasteiger partial charge in [-0.1, -0.05) is 0 Å². The van der Waals surface area contributed by atoms with Gasteiger partial charge in [-0.05, 0) is 0 Å². The Morgan fingerprint density at radius 2 is 1.00 bits per heavy atom. The molecular formula is BaCl4Ni. The molecule has 6 heavy (non-hydrogen) atoms. The Kier molecular flexibility index (Phi) is 91.6. The third kappa shape index (κ3) is 26.9. The third-order valence-electron chi connectivity index (χ3n) is 0. The van der Waals surface area contributed by atoms with E-state index in [4.69, 9.17) is 20.4 Å². The van der Waals surface area contributed by atoms with Gasteiger partial charge < -0.3 is 24.8 Å². The van der Waals surface area contributed by atoms with Gasteiger partial charge in [0.25, 0.3) is 0 Å². The van der Waals surface area contributed by atoms with Crippen LogP contribution in [-0.4, -0.2) is 48.9 Å². The molecule has 0 nitrogen and oxygen atoms in total. The van der Waals surface area contributed by atoms with Crippen molar-refractivity contribution in [3.05, 3.63) is 0 Å². The second kappa shape index (κ2) is 24.1. The molecule has 0 fully saturated rings. The molecule has 0 heterocycles. The SMILES string of the molecule is [Ba+2].[Cl-].[Cl-].[Cl][Ni][Cl]. The summed E-state index contributed by atoms with van der Waals surface area (Å²) in [5.41, 5.74) is 0. The van der Waals surface area contributed by atoms with Gasteiger partial charge in [-0.15, -0.1) is 0 Å². The fourth-order valence-electron chi connectivity index (χ4n) is 0. The molecule has 0 rings (SSSR count). The van der Waals surface area contributed by atoms with Gasteiger partial charge in [-0.2, -0.15) is 0 Å². The van der Waals surface area contributed by atoms with Gasteiger partial charge in [0.2, 0.25) is 0 Å². The summed E-state index contributed by atoms with van der Waals surface area (Å²) in [7, 11) is 9.40. The van der Waals surface area contributed by atoms with Crippen molar-refractivity contribution in [1.29, 1.82) is 0 Å². The molecule has 0 aromatic carbocycles. The van der Waals surface area contributed by atoms with Gasteiger partial charge in [0.1, 0.15) is 0 Å². The molecule has 0 atom stereocenters. The van der Waals surface area contributed by atoms with Crippen LogP contribution >= 0.6 is 20.4 Å².